The minimum atomic E-state index is -0.287. The quantitative estimate of drug-likeness (QED) is 0.728. The summed E-state index contributed by atoms with van der Waals surface area (Å²) < 4.78 is 13.7. The molecule has 0 aliphatic carbocycles. The van der Waals surface area contributed by atoms with E-state index in [0.717, 1.165) is 24.8 Å². The Morgan fingerprint density at radius 1 is 1.41 bits per heavy atom. The first-order chi connectivity index (χ1) is 8.26. The van der Waals surface area contributed by atoms with Crippen molar-refractivity contribution < 1.29 is 4.39 Å². The maximum Gasteiger partial charge on any atom is 0.132 e. The molecule has 0 spiro atoms. The second-order valence-corrected chi connectivity index (χ2v) is 4.06. The number of nitrogens with zero attached hydrogens (tertiary/aromatic N) is 1. The maximum atomic E-state index is 13.7. The highest BCUT2D eigenvalue weighted by Crippen LogP contribution is 2.21. The van der Waals surface area contributed by atoms with Gasteiger partial charge >= 0.3 is 0 Å². The molecule has 0 unspecified atom stereocenters. The molecular weight excluding hydrogens is 213 g/mol. The molecule has 2 heteroatoms. The van der Waals surface area contributed by atoms with Gasteiger partial charge in [0.05, 0.1) is 11.1 Å². The summed E-state index contributed by atoms with van der Waals surface area (Å²) in [4.78, 5) is 4.24. The lowest BCUT2D eigenvalue weighted by Crippen LogP contribution is -1.92. The van der Waals surface area contributed by atoms with E-state index in [0.29, 0.717) is 16.5 Å². The average Bonchev–Trinajstić information content (AvgIpc) is 2.37. The molecule has 0 bridgehead atoms. The van der Waals surface area contributed by atoms with Crippen molar-refractivity contribution in [3.63, 3.8) is 0 Å². The van der Waals surface area contributed by atoms with Crippen molar-refractivity contribution in [3.8, 4) is 5.92 Å². The molecule has 0 fully saturated rings. The van der Waals surface area contributed by atoms with Gasteiger partial charge in [-0.25, -0.2) is 4.39 Å². The molecule has 1 radical (unpaired) electrons. The van der Waals surface area contributed by atoms with Crippen LogP contribution in [0.15, 0.2) is 24.4 Å². The number of hydrogen-bond donors (Lipinski definition) is 0. The van der Waals surface area contributed by atoms with Crippen LogP contribution in [0, 0.1) is 18.2 Å². The van der Waals surface area contributed by atoms with E-state index in [9.17, 15) is 4.39 Å². The first kappa shape index (κ1) is 11.6. The molecule has 0 saturated heterocycles. The second-order valence-electron chi connectivity index (χ2n) is 4.06. The normalized spacial score (nSPS) is 10.4. The second kappa shape index (κ2) is 4.97. The Bertz CT molecular complexity index is 581. The summed E-state index contributed by atoms with van der Waals surface area (Å²) in [5.41, 5.74) is 2.09. The third kappa shape index (κ3) is 2.29. The van der Waals surface area contributed by atoms with Gasteiger partial charge in [-0.15, -0.1) is 0 Å². The number of aromatic nitrogens is 1. The zero-order valence-electron chi connectivity index (χ0n) is 9.76. The van der Waals surface area contributed by atoms with E-state index < -0.39 is 0 Å². The molecule has 0 atom stereocenters. The summed E-state index contributed by atoms with van der Waals surface area (Å²) in [6.07, 6.45) is 12.0. The van der Waals surface area contributed by atoms with Crippen molar-refractivity contribution in [1.29, 1.82) is 0 Å². The van der Waals surface area contributed by atoms with E-state index in [1.54, 1.807) is 6.20 Å². The van der Waals surface area contributed by atoms with Crippen LogP contribution in [0.5, 0.6) is 0 Å². The number of halogens is 1. The summed E-state index contributed by atoms with van der Waals surface area (Å²) in [7, 11) is 0. The molecule has 0 saturated carbocycles. The van der Waals surface area contributed by atoms with Crippen molar-refractivity contribution in [3.05, 3.63) is 47.8 Å². The third-order valence-corrected chi connectivity index (χ3v) is 2.81. The van der Waals surface area contributed by atoms with Gasteiger partial charge < -0.3 is 0 Å². The van der Waals surface area contributed by atoms with Crippen molar-refractivity contribution in [2.24, 2.45) is 0 Å². The number of fused-ring (bicyclic) bond motifs is 1. The smallest absolute Gasteiger partial charge is 0.132 e. The monoisotopic (exact) mass is 226 g/mol. The Balaban J connectivity index is 2.54. The Morgan fingerprint density at radius 3 is 2.94 bits per heavy atom. The molecular formula is C15H13FN. The number of benzene rings is 1. The van der Waals surface area contributed by atoms with E-state index in [2.05, 4.69) is 17.8 Å². The van der Waals surface area contributed by atoms with Crippen molar-refractivity contribution in [2.75, 3.05) is 0 Å². The summed E-state index contributed by atoms with van der Waals surface area (Å²) in [6.45, 7) is 2.12. The van der Waals surface area contributed by atoms with Gasteiger partial charge in [0.1, 0.15) is 5.82 Å². The fourth-order valence-corrected chi connectivity index (χ4v) is 1.85. The number of aryl methyl sites for hydroxylation is 1. The highest BCUT2D eigenvalue weighted by atomic mass is 19.1. The minimum absolute atomic E-state index is 0.287. The molecule has 1 nitrogen and oxygen atoms in total. The van der Waals surface area contributed by atoms with Gasteiger partial charge in [-0.3, -0.25) is 4.98 Å². The summed E-state index contributed by atoms with van der Waals surface area (Å²) in [6, 6.07) is 4.72. The van der Waals surface area contributed by atoms with Crippen LogP contribution in [0.1, 0.15) is 30.9 Å². The number of hydrogen-bond acceptors (Lipinski definition) is 1. The zero-order valence-corrected chi connectivity index (χ0v) is 9.76. The van der Waals surface area contributed by atoms with Crippen molar-refractivity contribution in [2.45, 2.75) is 26.2 Å². The van der Waals surface area contributed by atoms with Gasteiger partial charge in [0, 0.05) is 11.6 Å². The van der Waals surface area contributed by atoms with Crippen molar-refractivity contribution >= 4 is 10.9 Å². The predicted molar refractivity (Wildman–Crippen MR) is 66.5 cm³/mol. The minimum Gasteiger partial charge on any atom is -0.255 e. The van der Waals surface area contributed by atoms with Gasteiger partial charge in [0.25, 0.3) is 0 Å². The lowest BCUT2D eigenvalue weighted by Gasteiger charge is -2.05. The third-order valence-electron chi connectivity index (χ3n) is 2.81. The summed E-state index contributed by atoms with van der Waals surface area (Å²) in [5, 5.41) is 0.482. The zero-order chi connectivity index (χ0) is 12.3. The first-order valence-electron chi connectivity index (χ1n) is 5.76. The standard InChI is InChI=1S/C15H13FN/c1-3-5-6-11-9-13-14(16)8-7-12(4-2)15(13)17-10-11/h7-10H,3,5-6H2,1H3. The fraction of sp³-hybridized carbons (Fsp3) is 0.267. The van der Waals surface area contributed by atoms with Gasteiger partial charge in [-0.1, -0.05) is 19.3 Å². The molecule has 1 aromatic heterocycles. The molecule has 0 N–H and O–H groups in total. The molecule has 0 amide bonds. The van der Waals surface area contributed by atoms with E-state index >= 15 is 0 Å². The molecule has 85 valence electrons. The molecule has 0 aliphatic rings. The molecule has 1 aromatic carbocycles. The maximum absolute atomic E-state index is 13.7. The van der Waals surface area contributed by atoms with Crippen LogP contribution in [0.4, 0.5) is 4.39 Å². The van der Waals surface area contributed by atoms with Crippen LogP contribution in [0.25, 0.3) is 10.9 Å². The topological polar surface area (TPSA) is 12.9 Å². The lowest BCUT2D eigenvalue weighted by atomic mass is 10.1. The van der Waals surface area contributed by atoms with Gasteiger partial charge in [-0.2, -0.15) is 0 Å². The Hall–Kier alpha value is -1.88. The van der Waals surface area contributed by atoms with Crippen LogP contribution >= 0.6 is 0 Å². The number of rotatable bonds is 3. The Labute approximate surface area is 101 Å². The van der Waals surface area contributed by atoms with Gasteiger partial charge in [0.15, 0.2) is 0 Å². The molecule has 2 aromatic rings. The van der Waals surface area contributed by atoms with Crippen LogP contribution in [-0.2, 0) is 6.42 Å². The summed E-state index contributed by atoms with van der Waals surface area (Å²) in [5.74, 6) is 1.99. The van der Waals surface area contributed by atoms with Crippen molar-refractivity contribution in [1.82, 2.24) is 4.98 Å². The Morgan fingerprint density at radius 2 is 2.24 bits per heavy atom. The highest BCUT2D eigenvalue weighted by molar-refractivity contribution is 5.85. The fourth-order valence-electron chi connectivity index (χ4n) is 1.85. The first-order valence-corrected chi connectivity index (χ1v) is 5.76. The highest BCUT2D eigenvalue weighted by Gasteiger charge is 2.06. The molecule has 1 heterocycles. The Kier molecular flexibility index (Phi) is 3.39. The van der Waals surface area contributed by atoms with E-state index in [4.69, 9.17) is 6.42 Å². The van der Waals surface area contributed by atoms with Crippen LogP contribution in [0.3, 0.4) is 0 Å². The van der Waals surface area contributed by atoms with E-state index in [-0.39, 0.29) is 5.82 Å². The SMILES string of the molecule is [C]#Cc1ccc(F)c2cc(CCCC)cnc12. The van der Waals surface area contributed by atoms with E-state index in [1.165, 1.54) is 12.1 Å². The largest absolute Gasteiger partial charge is 0.255 e. The van der Waals surface area contributed by atoms with Gasteiger partial charge in [0.2, 0.25) is 0 Å². The van der Waals surface area contributed by atoms with E-state index in [1.807, 2.05) is 6.07 Å². The molecule has 17 heavy (non-hydrogen) atoms. The van der Waals surface area contributed by atoms with Crippen LogP contribution < -0.4 is 0 Å². The van der Waals surface area contributed by atoms with Gasteiger partial charge in [-0.05, 0) is 43.0 Å². The summed E-state index contributed by atoms with van der Waals surface area (Å²) >= 11 is 0. The predicted octanol–water partition coefficient (Wildman–Crippen LogP) is 3.65. The van der Waals surface area contributed by atoms with Crippen LogP contribution in [-0.4, -0.2) is 4.98 Å². The number of pyridine rings is 1. The average molecular weight is 226 g/mol. The lowest BCUT2D eigenvalue weighted by molar-refractivity contribution is 0.639. The molecule has 2 rings (SSSR count). The molecule has 0 aliphatic heterocycles. The number of unbranched alkanes of at least 4 members (excludes halogenated alkanes) is 1. The van der Waals surface area contributed by atoms with Crippen LogP contribution in [0.2, 0.25) is 0 Å².